The maximum atomic E-state index is 12.3. The van der Waals surface area contributed by atoms with E-state index in [9.17, 15) is 4.79 Å². The van der Waals surface area contributed by atoms with Crippen LogP contribution in [0.5, 0.6) is 0 Å². The van der Waals surface area contributed by atoms with Crippen LogP contribution >= 0.6 is 0 Å². The summed E-state index contributed by atoms with van der Waals surface area (Å²) in [5.74, 6) is 0.498. The Kier molecular flexibility index (Phi) is 3.21. The Hall–Kier alpha value is -1.88. The number of nitrogens with one attached hydrogen (secondary N) is 2. The van der Waals surface area contributed by atoms with Gasteiger partial charge in [0, 0.05) is 31.2 Å². The third-order valence-corrected chi connectivity index (χ3v) is 3.80. The minimum absolute atomic E-state index is 0.0175. The van der Waals surface area contributed by atoms with Gasteiger partial charge in [0.25, 0.3) is 5.91 Å². The summed E-state index contributed by atoms with van der Waals surface area (Å²) in [4.78, 5) is 16.4. The fourth-order valence-electron chi connectivity index (χ4n) is 2.49. The van der Waals surface area contributed by atoms with E-state index in [0.29, 0.717) is 11.5 Å². The van der Waals surface area contributed by atoms with E-state index in [-0.39, 0.29) is 11.9 Å². The molecular weight excluding hydrogens is 240 g/mol. The molecule has 3 heterocycles. The van der Waals surface area contributed by atoms with E-state index in [2.05, 4.69) is 22.5 Å². The molecule has 5 nitrogen and oxygen atoms in total. The van der Waals surface area contributed by atoms with Crippen molar-refractivity contribution >= 4 is 11.6 Å². The second-order valence-corrected chi connectivity index (χ2v) is 5.16. The smallest absolute Gasteiger partial charge is 0.253 e. The predicted octanol–water partition coefficient (Wildman–Crippen LogP) is 1.06. The summed E-state index contributed by atoms with van der Waals surface area (Å²) in [5.41, 5.74) is 1.52. The Morgan fingerprint density at radius 3 is 3.26 bits per heavy atom. The van der Waals surface area contributed by atoms with Gasteiger partial charge in [-0.1, -0.05) is 6.92 Å². The highest BCUT2D eigenvalue weighted by Gasteiger charge is 2.23. The number of nitrogens with zero attached hydrogens (tertiary/aromatic N) is 2. The van der Waals surface area contributed by atoms with Gasteiger partial charge in [-0.25, -0.2) is 4.98 Å². The van der Waals surface area contributed by atoms with Gasteiger partial charge in [0.05, 0.1) is 5.56 Å². The Morgan fingerprint density at radius 2 is 2.42 bits per heavy atom. The summed E-state index contributed by atoms with van der Waals surface area (Å²) in [6.45, 7) is 4.07. The number of rotatable bonds is 2. The molecule has 0 spiro atoms. The number of carbonyl (C=O) groups is 1. The zero-order chi connectivity index (χ0) is 13.2. The van der Waals surface area contributed by atoms with E-state index in [4.69, 9.17) is 0 Å². The lowest BCUT2D eigenvalue weighted by atomic mass is 9.94. The van der Waals surface area contributed by atoms with Crippen LogP contribution in [0.15, 0.2) is 30.7 Å². The molecule has 1 aliphatic heterocycles. The Bertz CT molecular complexity index is 592. The molecule has 19 heavy (non-hydrogen) atoms. The zero-order valence-corrected chi connectivity index (χ0v) is 11.0. The van der Waals surface area contributed by atoms with Crippen molar-refractivity contribution in [1.29, 1.82) is 0 Å². The first-order valence-electron chi connectivity index (χ1n) is 6.68. The van der Waals surface area contributed by atoms with Crippen molar-refractivity contribution in [2.24, 2.45) is 5.92 Å². The van der Waals surface area contributed by atoms with Gasteiger partial charge in [0.2, 0.25) is 0 Å². The molecule has 3 rings (SSSR count). The van der Waals surface area contributed by atoms with Crippen molar-refractivity contribution in [3.05, 3.63) is 36.3 Å². The molecule has 2 unspecified atom stereocenters. The Morgan fingerprint density at radius 1 is 1.53 bits per heavy atom. The van der Waals surface area contributed by atoms with Crippen molar-refractivity contribution in [3.63, 3.8) is 0 Å². The van der Waals surface area contributed by atoms with Gasteiger partial charge < -0.3 is 15.0 Å². The molecule has 0 aliphatic carbocycles. The topological polar surface area (TPSA) is 58.4 Å². The SMILES string of the molecule is CC1CCNCC1NC(=O)c1ccc2nccn2c1. The molecule has 1 fully saturated rings. The number of fused-ring (bicyclic) bond motifs is 1. The van der Waals surface area contributed by atoms with Crippen LogP contribution in [0.2, 0.25) is 0 Å². The van der Waals surface area contributed by atoms with Crippen LogP contribution in [0.1, 0.15) is 23.7 Å². The van der Waals surface area contributed by atoms with Gasteiger partial charge in [0.15, 0.2) is 0 Å². The summed E-state index contributed by atoms with van der Waals surface area (Å²) in [6, 6.07) is 3.88. The molecule has 5 heteroatoms. The largest absolute Gasteiger partial charge is 0.348 e. The van der Waals surface area contributed by atoms with Gasteiger partial charge in [0.1, 0.15) is 5.65 Å². The van der Waals surface area contributed by atoms with Gasteiger partial charge >= 0.3 is 0 Å². The highest BCUT2D eigenvalue weighted by molar-refractivity contribution is 5.94. The van der Waals surface area contributed by atoms with E-state index < -0.39 is 0 Å². The maximum absolute atomic E-state index is 12.3. The first-order chi connectivity index (χ1) is 9.24. The third kappa shape index (κ3) is 2.46. The van der Waals surface area contributed by atoms with Crippen molar-refractivity contribution in [3.8, 4) is 0 Å². The highest BCUT2D eigenvalue weighted by Crippen LogP contribution is 2.12. The molecule has 0 radical (unpaired) electrons. The Balaban J connectivity index is 1.75. The average molecular weight is 258 g/mol. The quantitative estimate of drug-likeness (QED) is 0.847. The number of amides is 1. The maximum Gasteiger partial charge on any atom is 0.253 e. The lowest BCUT2D eigenvalue weighted by molar-refractivity contribution is 0.0915. The number of carbonyl (C=O) groups excluding carboxylic acids is 1. The molecule has 100 valence electrons. The van der Waals surface area contributed by atoms with Crippen molar-refractivity contribution < 1.29 is 4.79 Å². The summed E-state index contributed by atoms with van der Waals surface area (Å²) < 4.78 is 1.86. The minimum atomic E-state index is -0.0175. The van der Waals surface area contributed by atoms with Gasteiger partial charge in [-0.3, -0.25) is 4.79 Å². The number of aromatic nitrogens is 2. The molecule has 2 N–H and O–H groups in total. The van der Waals surface area contributed by atoms with Crippen LogP contribution in [0.3, 0.4) is 0 Å². The van der Waals surface area contributed by atoms with Gasteiger partial charge in [-0.2, -0.15) is 0 Å². The van der Waals surface area contributed by atoms with Gasteiger partial charge in [-0.15, -0.1) is 0 Å². The minimum Gasteiger partial charge on any atom is -0.348 e. The first-order valence-corrected chi connectivity index (χ1v) is 6.68. The standard InChI is InChI=1S/C14H18N4O/c1-10-4-5-15-8-12(10)17-14(19)11-2-3-13-16-6-7-18(13)9-11/h2-3,6-7,9-10,12,15H,4-5,8H2,1H3,(H,17,19). The van der Waals surface area contributed by atoms with Crippen LogP contribution < -0.4 is 10.6 Å². The molecule has 2 aromatic heterocycles. The van der Waals surface area contributed by atoms with Crippen LogP contribution in [0.25, 0.3) is 5.65 Å². The van der Waals surface area contributed by atoms with Crippen LogP contribution in [0.4, 0.5) is 0 Å². The average Bonchev–Trinajstić information content (AvgIpc) is 2.88. The summed E-state index contributed by atoms with van der Waals surface area (Å²) in [6.07, 6.45) is 6.49. The predicted molar refractivity (Wildman–Crippen MR) is 73.1 cm³/mol. The molecule has 0 aromatic carbocycles. The summed E-state index contributed by atoms with van der Waals surface area (Å²) in [5, 5.41) is 6.42. The van der Waals surface area contributed by atoms with E-state index in [1.54, 1.807) is 6.20 Å². The second kappa shape index (κ2) is 5.01. The van der Waals surface area contributed by atoms with E-state index in [1.807, 2.05) is 28.9 Å². The van der Waals surface area contributed by atoms with E-state index in [1.165, 1.54) is 0 Å². The lowest BCUT2D eigenvalue weighted by Gasteiger charge is -2.30. The monoisotopic (exact) mass is 258 g/mol. The van der Waals surface area contributed by atoms with Crippen molar-refractivity contribution in [2.45, 2.75) is 19.4 Å². The number of imidazole rings is 1. The normalized spacial score (nSPS) is 23.4. The van der Waals surface area contributed by atoms with E-state index in [0.717, 1.165) is 25.2 Å². The lowest BCUT2D eigenvalue weighted by Crippen LogP contribution is -2.50. The molecule has 1 saturated heterocycles. The molecule has 2 atom stereocenters. The molecule has 1 amide bonds. The van der Waals surface area contributed by atoms with Crippen molar-refractivity contribution in [2.75, 3.05) is 13.1 Å². The third-order valence-electron chi connectivity index (χ3n) is 3.80. The number of hydrogen-bond acceptors (Lipinski definition) is 3. The van der Waals surface area contributed by atoms with Crippen LogP contribution in [-0.4, -0.2) is 34.4 Å². The highest BCUT2D eigenvalue weighted by atomic mass is 16.1. The molecule has 0 saturated carbocycles. The molecular formula is C14H18N4O. The Labute approximate surface area is 112 Å². The fourth-order valence-corrected chi connectivity index (χ4v) is 2.49. The van der Waals surface area contributed by atoms with Crippen LogP contribution in [-0.2, 0) is 0 Å². The summed E-state index contributed by atoms with van der Waals surface area (Å²) >= 11 is 0. The van der Waals surface area contributed by atoms with Gasteiger partial charge in [-0.05, 0) is 31.0 Å². The molecule has 1 aliphatic rings. The number of piperidine rings is 1. The second-order valence-electron chi connectivity index (χ2n) is 5.16. The number of hydrogen-bond donors (Lipinski definition) is 2. The van der Waals surface area contributed by atoms with Crippen molar-refractivity contribution in [1.82, 2.24) is 20.0 Å². The van der Waals surface area contributed by atoms with Crippen LogP contribution in [0, 0.1) is 5.92 Å². The summed E-state index contributed by atoms with van der Waals surface area (Å²) in [7, 11) is 0. The first kappa shape index (κ1) is 12.2. The number of pyridine rings is 1. The molecule has 2 aromatic rings. The molecule has 0 bridgehead atoms. The zero-order valence-electron chi connectivity index (χ0n) is 11.0. The fraction of sp³-hybridized carbons (Fsp3) is 0.429. The van der Waals surface area contributed by atoms with E-state index >= 15 is 0 Å².